The molecule has 2 fully saturated rings. The van der Waals surface area contributed by atoms with Gasteiger partial charge in [-0.05, 0) is 44.2 Å². The van der Waals surface area contributed by atoms with Gasteiger partial charge < -0.3 is 20.1 Å². The summed E-state index contributed by atoms with van der Waals surface area (Å²) < 4.78 is 11.4. The molecule has 1 saturated heterocycles. The number of benzene rings is 1. The second kappa shape index (κ2) is 7.34. The lowest BCUT2D eigenvalue weighted by molar-refractivity contribution is 0.0559. The predicted molar refractivity (Wildman–Crippen MR) is 89.7 cm³/mol. The lowest BCUT2D eigenvalue weighted by atomic mass is 9.93. The van der Waals surface area contributed by atoms with Crippen LogP contribution in [0.1, 0.15) is 31.7 Å². The third-order valence-corrected chi connectivity index (χ3v) is 4.88. The van der Waals surface area contributed by atoms with E-state index in [1.165, 1.54) is 30.5 Å². The van der Waals surface area contributed by atoms with Crippen molar-refractivity contribution in [1.82, 2.24) is 5.32 Å². The van der Waals surface area contributed by atoms with E-state index >= 15 is 0 Å². The van der Waals surface area contributed by atoms with Crippen LogP contribution in [0.3, 0.4) is 0 Å². The second-order valence-electron chi connectivity index (χ2n) is 6.39. The molecule has 4 heteroatoms. The van der Waals surface area contributed by atoms with Crippen molar-refractivity contribution in [2.24, 2.45) is 5.92 Å². The van der Waals surface area contributed by atoms with Crippen LogP contribution in [-0.2, 0) is 4.74 Å². The third-order valence-electron chi connectivity index (χ3n) is 4.88. The van der Waals surface area contributed by atoms with E-state index in [9.17, 15) is 0 Å². The van der Waals surface area contributed by atoms with Crippen molar-refractivity contribution in [2.45, 2.75) is 45.2 Å². The summed E-state index contributed by atoms with van der Waals surface area (Å²) in [6.07, 6.45) is 3.81. The first kappa shape index (κ1) is 15.6. The highest BCUT2D eigenvalue weighted by atomic mass is 16.5. The highest BCUT2D eigenvalue weighted by molar-refractivity contribution is 5.52. The van der Waals surface area contributed by atoms with Crippen LogP contribution in [0.25, 0.3) is 0 Å². The molecule has 22 heavy (non-hydrogen) atoms. The SMILES string of the molecule is CCOc1cc(NC2CCCC2C2COCCN2)ccc1C. The molecule has 1 aliphatic carbocycles. The molecule has 0 radical (unpaired) electrons. The second-order valence-corrected chi connectivity index (χ2v) is 6.39. The first-order valence-corrected chi connectivity index (χ1v) is 8.59. The highest BCUT2D eigenvalue weighted by Crippen LogP contribution is 2.33. The van der Waals surface area contributed by atoms with E-state index < -0.39 is 0 Å². The van der Waals surface area contributed by atoms with Gasteiger partial charge in [0.25, 0.3) is 0 Å². The molecule has 0 spiro atoms. The molecule has 1 heterocycles. The minimum atomic E-state index is 0.491. The molecule has 0 aromatic heterocycles. The number of rotatable bonds is 5. The Bertz CT molecular complexity index is 486. The van der Waals surface area contributed by atoms with Gasteiger partial charge in [-0.25, -0.2) is 0 Å². The lowest BCUT2D eigenvalue weighted by Gasteiger charge is -2.33. The summed E-state index contributed by atoms with van der Waals surface area (Å²) in [6, 6.07) is 7.46. The Kier molecular flexibility index (Phi) is 5.21. The maximum Gasteiger partial charge on any atom is 0.124 e. The molecule has 122 valence electrons. The maximum absolute atomic E-state index is 5.71. The van der Waals surface area contributed by atoms with Crippen molar-refractivity contribution in [2.75, 3.05) is 31.7 Å². The van der Waals surface area contributed by atoms with E-state index in [0.29, 0.717) is 24.6 Å². The van der Waals surface area contributed by atoms with Crippen molar-refractivity contribution < 1.29 is 9.47 Å². The Morgan fingerprint density at radius 2 is 2.27 bits per heavy atom. The Labute approximate surface area is 133 Å². The number of morpholine rings is 1. The molecule has 0 bridgehead atoms. The molecule has 1 aliphatic heterocycles. The molecule has 1 aromatic rings. The summed E-state index contributed by atoms with van der Waals surface area (Å²) in [5.74, 6) is 1.64. The number of ether oxygens (including phenoxy) is 2. The van der Waals surface area contributed by atoms with Crippen LogP contribution in [0.4, 0.5) is 5.69 Å². The average Bonchev–Trinajstić information content (AvgIpc) is 3.00. The molecular weight excluding hydrogens is 276 g/mol. The molecule has 2 N–H and O–H groups in total. The Balaban J connectivity index is 1.67. The highest BCUT2D eigenvalue weighted by Gasteiger charge is 2.34. The standard InChI is InChI=1S/C18H28N2O2/c1-3-22-18-11-14(8-7-13(18)2)20-16-6-4-5-15(16)17-12-21-10-9-19-17/h7-8,11,15-17,19-20H,3-6,9-10,12H2,1-2H3. The molecule has 1 aromatic carbocycles. The molecule has 3 unspecified atom stereocenters. The normalized spacial score (nSPS) is 28.5. The summed E-state index contributed by atoms with van der Waals surface area (Å²) in [7, 11) is 0. The topological polar surface area (TPSA) is 42.5 Å². The van der Waals surface area contributed by atoms with Gasteiger partial charge in [-0.1, -0.05) is 12.5 Å². The van der Waals surface area contributed by atoms with Crippen LogP contribution < -0.4 is 15.4 Å². The van der Waals surface area contributed by atoms with Crippen LogP contribution in [0.5, 0.6) is 5.75 Å². The number of nitrogens with one attached hydrogen (secondary N) is 2. The number of aryl methyl sites for hydroxylation is 1. The van der Waals surface area contributed by atoms with Crippen LogP contribution in [0.15, 0.2) is 18.2 Å². The summed E-state index contributed by atoms with van der Waals surface area (Å²) >= 11 is 0. The van der Waals surface area contributed by atoms with Gasteiger partial charge in [0.1, 0.15) is 5.75 Å². The molecule has 0 amide bonds. The van der Waals surface area contributed by atoms with Crippen molar-refractivity contribution in [3.63, 3.8) is 0 Å². The first-order valence-electron chi connectivity index (χ1n) is 8.59. The molecule has 4 nitrogen and oxygen atoms in total. The fraction of sp³-hybridized carbons (Fsp3) is 0.667. The average molecular weight is 304 g/mol. The van der Waals surface area contributed by atoms with Crippen LogP contribution in [0, 0.1) is 12.8 Å². The maximum atomic E-state index is 5.71. The fourth-order valence-corrected chi connectivity index (χ4v) is 3.73. The van der Waals surface area contributed by atoms with Crippen molar-refractivity contribution in [1.29, 1.82) is 0 Å². The zero-order valence-corrected chi connectivity index (χ0v) is 13.7. The lowest BCUT2D eigenvalue weighted by Crippen LogP contribution is -2.49. The van der Waals surface area contributed by atoms with Crippen molar-refractivity contribution in [3.05, 3.63) is 23.8 Å². The zero-order valence-electron chi connectivity index (χ0n) is 13.7. The van der Waals surface area contributed by atoms with E-state index in [4.69, 9.17) is 9.47 Å². The largest absolute Gasteiger partial charge is 0.494 e. The minimum absolute atomic E-state index is 0.491. The van der Waals surface area contributed by atoms with E-state index in [2.05, 4.69) is 35.8 Å². The fourth-order valence-electron chi connectivity index (χ4n) is 3.73. The van der Waals surface area contributed by atoms with Crippen LogP contribution in [-0.4, -0.2) is 38.4 Å². The molecule has 3 rings (SSSR count). The van der Waals surface area contributed by atoms with Gasteiger partial charge in [-0.15, -0.1) is 0 Å². The monoisotopic (exact) mass is 304 g/mol. The van der Waals surface area contributed by atoms with E-state index in [1.807, 2.05) is 6.92 Å². The van der Waals surface area contributed by atoms with Gasteiger partial charge in [0.05, 0.1) is 19.8 Å². The van der Waals surface area contributed by atoms with E-state index in [0.717, 1.165) is 25.5 Å². The van der Waals surface area contributed by atoms with Gasteiger partial charge in [-0.2, -0.15) is 0 Å². The Morgan fingerprint density at radius 1 is 1.36 bits per heavy atom. The van der Waals surface area contributed by atoms with Crippen molar-refractivity contribution in [3.8, 4) is 5.75 Å². The Morgan fingerprint density at radius 3 is 3.05 bits per heavy atom. The zero-order chi connectivity index (χ0) is 15.4. The number of hydrogen-bond acceptors (Lipinski definition) is 4. The molecule has 2 aliphatic rings. The number of anilines is 1. The van der Waals surface area contributed by atoms with Gasteiger partial charge >= 0.3 is 0 Å². The van der Waals surface area contributed by atoms with Gasteiger partial charge in [-0.3, -0.25) is 0 Å². The minimum Gasteiger partial charge on any atom is -0.494 e. The van der Waals surface area contributed by atoms with Gasteiger partial charge in [0, 0.05) is 30.4 Å². The van der Waals surface area contributed by atoms with Crippen molar-refractivity contribution >= 4 is 5.69 Å². The van der Waals surface area contributed by atoms with Gasteiger partial charge in [0.15, 0.2) is 0 Å². The summed E-state index contributed by atoms with van der Waals surface area (Å²) in [4.78, 5) is 0. The van der Waals surface area contributed by atoms with Crippen LogP contribution >= 0.6 is 0 Å². The first-order chi connectivity index (χ1) is 10.8. The summed E-state index contributed by atoms with van der Waals surface area (Å²) in [5, 5.41) is 7.37. The molecule has 3 atom stereocenters. The quantitative estimate of drug-likeness (QED) is 0.877. The summed E-state index contributed by atoms with van der Waals surface area (Å²) in [5.41, 5.74) is 2.36. The third kappa shape index (κ3) is 3.55. The smallest absolute Gasteiger partial charge is 0.124 e. The predicted octanol–water partition coefficient (Wildman–Crippen LogP) is 2.96. The number of hydrogen-bond donors (Lipinski definition) is 2. The van der Waals surface area contributed by atoms with E-state index in [-0.39, 0.29) is 0 Å². The Hall–Kier alpha value is -1.26. The summed E-state index contributed by atoms with van der Waals surface area (Å²) in [6.45, 7) is 7.50. The van der Waals surface area contributed by atoms with Gasteiger partial charge in [0.2, 0.25) is 0 Å². The van der Waals surface area contributed by atoms with Crippen LogP contribution in [0.2, 0.25) is 0 Å². The van der Waals surface area contributed by atoms with E-state index in [1.54, 1.807) is 0 Å². The molecule has 1 saturated carbocycles. The molecular formula is C18H28N2O2.